The van der Waals surface area contributed by atoms with E-state index >= 15 is 0 Å². The molecule has 3 nitrogen and oxygen atoms in total. The summed E-state index contributed by atoms with van der Waals surface area (Å²) in [5.41, 5.74) is 5.95. The Morgan fingerprint density at radius 1 is 1.19 bits per heavy atom. The fourth-order valence-electron chi connectivity index (χ4n) is 3.10. The second-order valence-electron chi connectivity index (χ2n) is 5.37. The van der Waals surface area contributed by atoms with Crippen LogP contribution < -0.4 is 5.73 Å². The van der Waals surface area contributed by atoms with Gasteiger partial charge in [0, 0.05) is 38.8 Å². The zero-order valence-electron chi connectivity index (χ0n) is 10.7. The van der Waals surface area contributed by atoms with Crippen LogP contribution in [0.3, 0.4) is 0 Å². The Labute approximate surface area is 100.0 Å². The highest BCUT2D eigenvalue weighted by atomic mass is 15.3. The molecule has 1 aliphatic heterocycles. The van der Waals surface area contributed by atoms with Crippen LogP contribution in [0.1, 0.15) is 32.6 Å². The van der Waals surface area contributed by atoms with Gasteiger partial charge in [-0.2, -0.15) is 0 Å². The Morgan fingerprint density at radius 3 is 2.31 bits per heavy atom. The van der Waals surface area contributed by atoms with Crippen molar-refractivity contribution >= 4 is 0 Å². The maximum absolute atomic E-state index is 5.95. The van der Waals surface area contributed by atoms with Crippen LogP contribution >= 0.6 is 0 Å². The summed E-state index contributed by atoms with van der Waals surface area (Å²) >= 11 is 0. The lowest BCUT2D eigenvalue weighted by Crippen LogP contribution is -2.55. The van der Waals surface area contributed by atoms with Crippen LogP contribution in [0.5, 0.6) is 0 Å². The molecule has 0 amide bonds. The van der Waals surface area contributed by atoms with Crippen LogP contribution in [0.15, 0.2) is 0 Å². The van der Waals surface area contributed by atoms with Crippen molar-refractivity contribution < 1.29 is 0 Å². The molecule has 0 radical (unpaired) electrons. The summed E-state index contributed by atoms with van der Waals surface area (Å²) in [5, 5.41) is 0. The largest absolute Gasteiger partial charge is 0.329 e. The summed E-state index contributed by atoms with van der Waals surface area (Å²) in [5.74, 6) is 0.905. The zero-order chi connectivity index (χ0) is 11.4. The monoisotopic (exact) mass is 225 g/mol. The van der Waals surface area contributed by atoms with Gasteiger partial charge in [0.05, 0.1) is 0 Å². The molecular weight excluding hydrogens is 198 g/mol. The number of piperazine rings is 1. The van der Waals surface area contributed by atoms with E-state index in [0.717, 1.165) is 12.5 Å². The van der Waals surface area contributed by atoms with Crippen molar-refractivity contribution in [1.82, 2.24) is 9.80 Å². The molecule has 1 unspecified atom stereocenters. The average molecular weight is 225 g/mol. The van der Waals surface area contributed by atoms with E-state index in [9.17, 15) is 0 Å². The molecule has 1 heterocycles. The predicted octanol–water partition coefficient (Wildman–Crippen LogP) is 1.14. The summed E-state index contributed by atoms with van der Waals surface area (Å²) in [7, 11) is 0. The zero-order valence-corrected chi connectivity index (χ0v) is 10.7. The summed E-state index contributed by atoms with van der Waals surface area (Å²) < 4.78 is 0. The van der Waals surface area contributed by atoms with E-state index in [-0.39, 0.29) is 0 Å². The smallest absolute Gasteiger partial charge is 0.0247 e. The number of hydrogen-bond donors (Lipinski definition) is 1. The topological polar surface area (TPSA) is 32.5 Å². The van der Waals surface area contributed by atoms with Crippen LogP contribution in [-0.2, 0) is 0 Å². The van der Waals surface area contributed by atoms with E-state index in [1.165, 1.54) is 58.4 Å². The fourth-order valence-corrected chi connectivity index (χ4v) is 3.10. The highest BCUT2D eigenvalue weighted by Crippen LogP contribution is 2.32. The van der Waals surface area contributed by atoms with Crippen LogP contribution in [0.25, 0.3) is 0 Å². The summed E-state index contributed by atoms with van der Waals surface area (Å²) in [4.78, 5) is 5.24. The summed E-state index contributed by atoms with van der Waals surface area (Å²) in [6.07, 6.45) is 5.54. The van der Waals surface area contributed by atoms with Gasteiger partial charge in [-0.3, -0.25) is 4.90 Å². The SMILES string of the molecule is CCCN1CCN(C(CN)C2CCC2)CC1. The van der Waals surface area contributed by atoms with Crippen LogP contribution in [0.2, 0.25) is 0 Å². The van der Waals surface area contributed by atoms with Crippen molar-refractivity contribution in [3.8, 4) is 0 Å². The van der Waals surface area contributed by atoms with E-state index in [1.54, 1.807) is 0 Å². The maximum Gasteiger partial charge on any atom is 0.0247 e. The molecule has 1 aliphatic carbocycles. The minimum Gasteiger partial charge on any atom is -0.329 e. The molecule has 94 valence electrons. The van der Waals surface area contributed by atoms with Crippen molar-refractivity contribution in [2.24, 2.45) is 11.7 Å². The van der Waals surface area contributed by atoms with Gasteiger partial charge in [0.1, 0.15) is 0 Å². The Morgan fingerprint density at radius 2 is 1.88 bits per heavy atom. The van der Waals surface area contributed by atoms with Gasteiger partial charge in [-0.25, -0.2) is 0 Å². The molecule has 3 heteroatoms. The van der Waals surface area contributed by atoms with E-state index in [4.69, 9.17) is 5.73 Å². The number of hydrogen-bond acceptors (Lipinski definition) is 3. The van der Waals surface area contributed by atoms with E-state index in [0.29, 0.717) is 6.04 Å². The molecule has 2 fully saturated rings. The molecule has 0 bridgehead atoms. The highest BCUT2D eigenvalue weighted by Gasteiger charge is 2.32. The normalized spacial score (nSPS) is 26.6. The first-order chi connectivity index (χ1) is 7.85. The minimum atomic E-state index is 0.678. The van der Waals surface area contributed by atoms with E-state index in [1.807, 2.05) is 0 Å². The second-order valence-corrected chi connectivity index (χ2v) is 5.37. The minimum absolute atomic E-state index is 0.678. The molecule has 1 saturated carbocycles. The molecular formula is C13H27N3. The Kier molecular flexibility index (Phi) is 4.62. The molecule has 1 atom stereocenters. The van der Waals surface area contributed by atoms with Crippen molar-refractivity contribution in [1.29, 1.82) is 0 Å². The van der Waals surface area contributed by atoms with Gasteiger partial charge in [0.25, 0.3) is 0 Å². The van der Waals surface area contributed by atoms with Gasteiger partial charge in [-0.1, -0.05) is 13.3 Å². The van der Waals surface area contributed by atoms with Crippen LogP contribution in [0.4, 0.5) is 0 Å². The lowest BCUT2D eigenvalue weighted by Gasteiger charge is -2.44. The molecule has 0 aromatic heterocycles. The standard InChI is InChI=1S/C13H27N3/c1-2-6-15-7-9-16(10-8-15)13(11-14)12-4-3-5-12/h12-13H,2-11,14H2,1H3. The summed E-state index contributed by atoms with van der Waals surface area (Å²) in [6, 6.07) is 0.678. The average Bonchev–Trinajstić information content (AvgIpc) is 2.25. The van der Waals surface area contributed by atoms with Gasteiger partial charge in [-0.05, 0) is 31.7 Å². The van der Waals surface area contributed by atoms with Crippen molar-refractivity contribution in [2.45, 2.75) is 38.6 Å². The Bertz CT molecular complexity index is 195. The molecule has 0 aromatic rings. The first-order valence-electron chi connectivity index (χ1n) is 7.01. The van der Waals surface area contributed by atoms with Crippen LogP contribution in [-0.4, -0.2) is 55.1 Å². The third-order valence-electron chi connectivity index (χ3n) is 4.35. The summed E-state index contributed by atoms with van der Waals surface area (Å²) in [6.45, 7) is 9.36. The van der Waals surface area contributed by atoms with E-state index in [2.05, 4.69) is 16.7 Å². The van der Waals surface area contributed by atoms with Crippen LogP contribution in [0, 0.1) is 5.92 Å². The molecule has 1 saturated heterocycles. The van der Waals surface area contributed by atoms with Gasteiger partial charge >= 0.3 is 0 Å². The fraction of sp³-hybridized carbons (Fsp3) is 1.00. The van der Waals surface area contributed by atoms with Crippen molar-refractivity contribution in [2.75, 3.05) is 39.3 Å². The highest BCUT2D eigenvalue weighted by molar-refractivity contribution is 4.87. The number of rotatable bonds is 5. The Balaban J connectivity index is 1.77. The van der Waals surface area contributed by atoms with Gasteiger partial charge in [0.2, 0.25) is 0 Å². The Hall–Kier alpha value is -0.120. The molecule has 2 rings (SSSR count). The molecule has 0 aromatic carbocycles. The molecule has 2 N–H and O–H groups in total. The molecule has 16 heavy (non-hydrogen) atoms. The second kappa shape index (κ2) is 5.99. The first kappa shape index (κ1) is 12.3. The van der Waals surface area contributed by atoms with Gasteiger partial charge < -0.3 is 10.6 Å². The lowest BCUT2D eigenvalue weighted by molar-refractivity contribution is 0.0502. The first-order valence-corrected chi connectivity index (χ1v) is 7.01. The number of nitrogens with two attached hydrogens (primary N) is 1. The molecule has 0 spiro atoms. The van der Waals surface area contributed by atoms with Gasteiger partial charge in [-0.15, -0.1) is 0 Å². The van der Waals surface area contributed by atoms with Gasteiger partial charge in [0.15, 0.2) is 0 Å². The number of nitrogens with zero attached hydrogens (tertiary/aromatic N) is 2. The quantitative estimate of drug-likeness (QED) is 0.761. The maximum atomic E-state index is 5.95. The van der Waals surface area contributed by atoms with Crippen molar-refractivity contribution in [3.63, 3.8) is 0 Å². The predicted molar refractivity (Wildman–Crippen MR) is 68.5 cm³/mol. The third-order valence-corrected chi connectivity index (χ3v) is 4.35. The third kappa shape index (κ3) is 2.76. The van der Waals surface area contributed by atoms with E-state index < -0.39 is 0 Å². The van der Waals surface area contributed by atoms with Crippen molar-refractivity contribution in [3.05, 3.63) is 0 Å². The lowest BCUT2D eigenvalue weighted by atomic mass is 9.79. The molecule has 2 aliphatic rings.